The third kappa shape index (κ3) is 3.95. The summed E-state index contributed by atoms with van der Waals surface area (Å²) in [6.45, 7) is 4.15. The van der Waals surface area contributed by atoms with Crippen LogP contribution in [0.2, 0.25) is 0 Å². The predicted octanol–water partition coefficient (Wildman–Crippen LogP) is 2.22. The van der Waals surface area contributed by atoms with Crippen molar-refractivity contribution in [2.75, 3.05) is 17.3 Å². The van der Waals surface area contributed by atoms with Crippen LogP contribution in [0.5, 0.6) is 0 Å². The lowest BCUT2D eigenvalue weighted by Gasteiger charge is -1.99. The minimum Gasteiger partial charge on any atom is -0.309 e. The molecule has 15 heavy (non-hydrogen) atoms. The number of aromatic nitrogens is 2. The number of H-pyrrole nitrogens is 1. The lowest BCUT2D eigenvalue weighted by atomic mass is 10.1. The van der Waals surface area contributed by atoms with Crippen molar-refractivity contribution in [3.8, 4) is 0 Å². The fraction of sp³-hybridized carbons (Fsp3) is 0.600. The summed E-state index contributed by atoms with van der Waals surface area (Å²) in [6.07, 6.45) is 2.52. The Morgan fingerprint density at radius 3 is 2.93 bits per heavy atom. The van der Waals surface area contributed by atoms with Crippen molar-refractivity contribution in [1.82, 2.24) is 10.2 Å². The lowest BCUT2D eigenvalue weighted by molar-refractivity contribution is -0.115. The molecule has 1 heterocycles. The summed E-state index contributed by atoms with van der Waals surface area (Å²) >= 11 is 1.66. The van der Waals surface area contributed by atoms with Crippen LogP contribution < -0.4 is 5.32 Å². The molecule has 0 spiro atoms. The fourth-order valence-electron chi connectivity index (χ4n) is 1.10. The van der Waals surface area contributed by atoms with Gasteiger partial charge < -0.3 is 5.32 Å². The highest BCUT2D eigenvalue weighted by Gasteiger charge is 2.07. The highest BCUT2D eigenvalue weighted by molar-refractivity contribution is 7.98. The van der Waals surface area contributed by atoms with Crippen LogP contribution in [0.3, 0.4) is 0 Å². The van der Waals surface area contributed by atoms with Crippen LogP contribution in [-0.4, -0.2) is 28.1 Å². The molecule has 0 aliphatic heterocycles. The molecule has 0 unspecified atom stereocenters. The molecule has 0 aliphatic rings. The Balaban J connectivity index is 2.46. The number of hydrogen-bond donors (Lipinski definition) is 2. The molecule has 0 saturated carbocycles. The van der Waals surface area contributed by atoms with Gasteiger partial charge in [0.1, 0.15) is 0 Å². The summed E-state index contributed by atoms with van der Waals surface area (Å²) in [5.74, 6) is 1.87. The van der Waals surface area contributed by atoms with E-state index in [1.807, 2.05) is 12.3 Å². The average molecular weight is 227 g/mol. The Hall–Kier alpha value is -0.970. The molecule has 4 nitrogen and oxygen atoms in total. The van der Waals surface area contributed by atoms with Gasteiger partial charge in [-0.15, -0.1) is 0 Å². The molecule has 1 aromatic rings. The highest BCUT2D eigenvalue weighted by Crippen LogP contribution is 2.14. The zero-order valence-electron chi connectivity index (χ0n) is 9.33. The zero-order valence-corrected chi connectivity index (χ0v) is 10.1. The average Bonchev–Trinajstić information content (AvgIpc) is 2.63. The van der Waals surface area contributed by atoms with Crippen molar-refractivity contribution in [3.63, 3.8) is 0 Å². The molecule has 1 amide bonds. The Bertz CT molecular complexity index is 322. The number of hydrogen-bond acceptors (Lipinski definition) is 3. The molecule has 0 saturated heterocycles. The summed E-state index contributed by atoms with van der Waals surface area (Å²) in [6, 6.07) is 1.88. The van der Waals surface area contributed by atoms with E-state index in [1.165, 1.54) is 0 Å². The third-order valence-electron chi connectivity index (χ3n) is 2.02. The normalized spacial score (nSPS) is 10.7. The monoisotopic (exact) mass is 227 g/mol. The van der Waals surface area contributed by atoms with E-state index in [4.69, 9.17) is 0 Å². The Labute approximate surface area is 94.2 Å². The van der Waals surface area contributed by atoms with Crippen molar-refractivity contribution in [3.05, 3.63) is 11.8 Å². The predicted molar refractivity (Wildman–Crippen MR) is 64.3 cm³/mol. The molecule has 5 heteroatoms. The van der Waals surface area contributed by atoms with Crippen molar-refractivity contribution in [1.29, 1.82) is 0 Å². The molecule has 0 fully saturated rings. The second-order valence-corrected chi connectivity index (χ2v) is 4.64. The summed E-state index contributed by atoms with van der Waals surface area (Å²) in [5.41, 5.74) is 1.04. The number of nitrogens with zero attached hydrogens (tertiary/aromatic N) is 1. The molecule has 84 valence electrons. The number of carbonyl (C=O) groups is 1. The van der Waals surface area contributed by atoms with Gasteiger partial charge in [0.15, 0.2) is 5.82 Å². The van der Waals surface area contributed by atoms with E-state index < -0.39 is 0 Å². The molecule has 2 N–H and O–H groups in total. The van der Waals surface area contributed by atoms with Crippen molar-refractivity contribution in [2.24, 2.45) is 0 Å². The van der Waals surface area contributed by atoms with Crippen LogP contribution >= 0.6 is 11.8 Å². The number of rotatable bonds is 5. The van der Waals surface area contributed by atoms with Crippen LogP contribution in [0.15, 0.2) is 6.07 Å². The van der Waals surface area contributed by atoms with Gasteiger partial charge in [-0.3, -0.25) is 9.89 Å². The smallest absolute Gasteiger partial charge is 0.226 e. The number of nitrogens with one attached hydrogen (secondary N) is 2. The van der Waals surface area contributed by atoms with Gasteiger partial charge in [0, 0.05) is 23.9 Å². The second-order valence-electron chi connectivity index (χ2n) is 3.65. The van der Waals surface area contributed by atoms with Gasteiger partial charge in [-0.2, -0.15) is 16.9 Å². The maximum absolute atomic E-state index is 11.4. The van der Waals surface area contributed by atoms with Gasteiger partial charge in [0.25, 0.3) is 0 Å². The number of aromatic amines is 1. The maximum Gasteiger partial charge on any atom is 0.226 e. The summed E-state index contributed by atoms with van der Waals surface area (Å²) < 4.78 is 0. The van der Waals surface area contributed by atoms with E-state index in [-0.39, 0.29) is 5.91 Å². The van der Waals surface area contributed by atoms with Gasteiger partial charge in [0.05, 0.1) is 0 Å². The molecule has 0 aliphatic carbocycles. The molecule has 0 atom stereocenters. The standard InChI is InChI=1S/C10H17N3OS/c1-7(2)8-6-9(13-12-8)11-10(14)4-5-15-3/h6-7H,4-5H2,1-3H3,(H2,11,12,13,14). The first-order valence-corrected chi connectivity index (χ1v) is 6.37. The van der Waals surface area contributed by atoms with Crippen molar-refractivity contribution < 1.29 is 4.79 Å². The summed E-state index contributed by atoms with van der Waals surface area (Å²) in [5, 5.41) is 9.68. The highest BCUT2D eigenvalue weighted by atomic mass is 32.2. The summed E-state index contributed by atoms with van der Waals surface area (Å²) in [4.78, 5) is 11.4. The van der Waals surface area contributed by atoms with Crippen LogP contribution in [0.4, 0.5) is 5.82 Å². The van der Waals surface area contributed by atoms with Gasteiger partial charge in [-0.1, -0.05) is 13.8 Å². The lowest BCUT2D eigenvalue weighted by Crippen LogP contribution is -2.12. The molecule has 0 radical (unpaired) electrons. The topological polar surface area (TPSA) is 57.8 Å². The second kappa shape index (κ2) is 5.80. The van der Waals surface area contributed by atoms with E-state index in [1.54, 1.807) is 11.8 Å². The van der Waals surface area contributed by atoms with Crippen molar-refractivity contribution in [2.45, 2.75) is 26.2 Å². The van der Waals surface area contributed by atoms with E-state index in [0.29, 0.717) is 18.2 Å². The Morgan fingerprint density at radius 1 is 1.67 bits per heavy atom. The minimum absolute atomic E-state index is 0.0196. The first-order valence-electron chi connectivity index (χ1n) is 4.97. The van der Waals surface area contributed by atoms with Crippen LogP contribution in [0.1, 0.15) is 31.9 Å². The van der Waals surface area contributed by atoms with Gasteiger partial charge in [0.2, 0.25) is 5.91 Å². The number of carbonyl (C=O) groups excluding carboxylic acids is 1. The number of amides is 1. The van der Waals surface area contributed by atoms with Crippen LogP contribution in [-0.2, 0) is 4.79 Å². The fourth-order valence-corrected chi connectivity index (χ4v) is 1.49. The number of anilines is 1. The third-order valence-corrected chi connectivity index (χ3v) is 2.63. The molecule has 0 aromatic carbocycles. The minimum atomic E-state index is 0.0196. The summed E-state index contributed by atoms with van der Waals surface area (Å²) in [7, 11) is 0. The largest absolute Gasteiger partial charge is 0.309 e. The van der Waals surface area contributed by atoms with Gasteiger partial charge in [-0.05, 0) is 12.2 Å². The molecule has 1 rings (SSSR count). The van der Waals surface area contributed by atoms with Crippen LogP contribution in [0.25, 0.3) is 0 Å². The molecule has 0 bridgehead atoms. The van der Waals surface area contributed by atoms with Crippen molar-refractivity contribution >= 4 is 23.5 Å². The van der Waals surface area contributed by atoms with Gasteiger partial charge in [-0.25, -0.2) is 0 Å². The number of thioether (sulfide) groups is 1. The molecular weight excluding hydrogens is 210 g/mol. The first-order chi connectivity index (χ1) is 7.13. The van der Waals surface area contributed by atoms with E-state index >= 15 is 0 Å². The quantitative estimate of drug-likeness (QED) is 0.811. The van der Waals surface area contributed by atoms with Crippen LogP contribution in [0, 0.1) is 0 Å². The first kappa shape index (κ1) is 12.1. The van der Waals surface area contributed by atoms with E-state index in [2.05, 4.69) is 29.4 Å². The maximum atomic E-state index is 11.4. The van der Waals surface area contributed by atoms with Gasteiger partial charge >= 0.3 is 0 Å². The molecule has 1 aromatic heterocycles. The Morgan fingerprint density at radius 2 is 2.40 bits per heavy atom. The zero-order chi connectivity index (χ0) is 11.3. The SMILES string of the molecule is CSCCC(=O)Nc1cc(C(C)C)[nH]n1. The Kier molecular flexibility index (Phi) is 4.68. The van der Waals surface area contributed by atoms with E-state index in [9.17, 15) is 4.79 Å². The molecular formula is C10H17N3OS. The van der Waals surface area contributed by atoms with E-state index in [0.717, 1.165) is 11.4 Å².